The van der Waals surface area contributed by atoms with Gasteiger partial charge in [0, 0.05) is 0 Å². The van der Waals surface area contributed by atoms with Gasteiger partial charge in [0.15, 0.2) is 0 Å². The first-order valence-electron chi connectivity index (χ1n) is 2.02. The van der Waals surface area contributed by atoms with E-state index in [0.29, 0.717) is 0 Å². The Labute approximate surface area is 51.9 Å². The van der Waals surface area contributed by atoms with Crippen molar-refractivity contribution in [2.75, 3.05) is 7.11 Å². The summed E-state index contributed by atoms with van der Waals surface area (Å²) in [4.78, 5) is 0. The van der Waals surface area contributed by atoms with Gasteiger partial charge in [-0.25, -0.2) is 0 Å². The van der Waals surface area contributed by atoms with Crippen molar-refractivity contribution < 1.29 is 20.6 Å². The summed E-state index contributed by atoms with van der Waals surface area (Å²) in [5.41, 5.74) is 0. The molecule has 0 saturated heterocycles. The molecule has 0 rings (SSSR count). The first-order chi connectivity index (χ1) is 3.31. The predicted octanol–water partition coefficient (Wildman–Crippen LogP) is 0.886. The summed E-state index contributed by atoms with van der Waals surface area (Å²) in [7, 11) is 1.63. The summed E-state index contributed by atoms with van der Waals surface area (Å²) in [5, 5.41) is 0. The average Bonchev–Trinajstić information content (AvgIpc) is 1.68. The fourth-order valence-corrected chi connectivity index (χ4v) is 0.417. The number of methoxy groups -OCH3 is 1. The van der Waals surface area contributed by atoms with Crippen LogP contribution in [0.1, 0.15) is 6.92 Å². The van der Waals surface area contributed by atoms with Crippen LogP contribution in [0.25, 0.3) is 0 Å². The van der Waals surface area contributed by atoms with Gasteiger partial charge in [-0.3, -0.25) is 0 Å². The van der Waals surface area contributed by atoms with Gasteiger partial charge in [0.2, 0.25) is 0 Å². The van der Waals surface area contributed by atoms with Gasteiger partial charge in [-0.05, 0) is 0 Å². The normalized spacial score (nSPS) is 10.0. The second-order valence-corrected chi connectivity index (χ2v) is 1.65. The molecule has 0 aromatic heterocycles. The second kappa shape index (κ2) is 4.27. The molecule has 2 heteroatoms. The predicted molar refractivity (Wildman–Crippen MR) is 26.8 cm³/mol. The maximum absolute atomic E-state index is 4.76. The van der Waals surface area contributed by atoms with Crippen LogP contribution in [0.4, 0.5) is 0 Å². The van der Waals surface area contributed by atoms with E-state index in [1.807, 2.05) is 19.1 Å². The Hall–Kier alpha value is 0.102. The third kappa shape index (κ3) is 3.94. The van der Waals surface area contributed by atoms with Crippen molar-refractivity contribution in [3.05, 3.63) is 12.2 Å². The van der Waals surface area contributed by atoms with E-state index in [1.165, 1.54) is 0 Å². The van der Waals surface area contributed by atoms with Gasteiger partial charge in [0.05, 0.1) is 0 Å². The van der Waals surface area contributed by atoms with Gasteiger partial charge in [0.1, 0.15) is 0 Å². The van der Waals surface area contributed by atoms with E-state index in [4.69, 9.17) is 4.74 Å². The van der Waals surface area contributed by atoms with E-state index >= 15 is 0 Å². The molecule has 0 radical (unpaired) electrons. The second-order valence-electron chi connectivity index (χ2n) is 1.02. The number of hydrogen-bond donors (Lipinski definition) is 0. The summed E-state index contributed by atoms with van der Waals surface area (Å²) in [6, 6.07) is 0. The van der Waals surface area contributed by atoms with Crippen LogP contribution in [-0.2, 0) is 20.6 Å². The molecule has 0 aliphatic rings. The van der Waals surface area contributed by atoms with Crippen molar-refractivity contribution in [2.45, 2.75) is 6.92 Å². The molecule has 0 aromatic carbocycles. The Morgan fingerprint density at radius 2 is 2.29 bits per heavy atom. The molecule has 40 valence electrons. The number of allylic oxidation sites excluding steroid dienone is 1. The maximum atomic E-state index is 4.76. The molecule has 0 bridgehead atoms. The van der Waals surface area contributed by atoms with Gasteiger partial charge < -0.3 is 0 Å². The standard InChI is InChI=1S/C5H8O.Cr/c1-3-4-5-6-2;/h3-4H,1-2H3;/b4-3+;. The van der Waals surface area contributed by atoms with E-state index < -0.39 is 0 Å². The van der Waals surface area contributed by atoms with Gasteiger partial charge in [-0.1, -0.05) is 0 Å². The first-order valence-corrected chi connectivity index (χ1v) is 2.65. The van der Waals surface area contributed by atoms with E-state index in [9.17, 15) is 0 Å². The topological polar surface area (TPSA) is 9.23 Å². The average molecular weight is 136 g/mol. The Morgan fingerprint density at radius 3 is 2.43 bits per heavy atom. The van der Waals surface area contributed by atoms with Crippen LogP contribution >= 0.6 is 0 Å². The van der Waals surface area contributed by atoms with Crippen molar-refractivity contribution in [2.24, 2.45) is 0 Å². The zero-order valence-electron chi connectivity index (χ0n) is 4.47. The van der Waals surface area contributed by atoms with Crippen LogP contribution in [-0.4, -0.2) is 11.7 Å². The molecule has 0 aliphatic heterocycles. The SMILES string of the molecule is C/C=C/[C](=[Cr])OC. The van der Waals surface area contributed by atoms with E-state index in [0.717, 1.165) is 4.57 Å². The molecule has 0 spiro atoms. The van der Waals surface area contributed by atoms with E-state index in [1.54, 1.807) is 7.11 Å². The summed E-state index contributed by atoms with van der Waals surface area (Å²) < 4.78 is 5.59. The van der Waals surface area contributed by atoms with Crippen molar-refractivity contribution in [3.63, 3.8) is 0 Å². The van der Waals surface area contributed by atoms with Crippen molar-refractivity contribution in [1.82, 2.24) is 0 Å². The Morgan fingerprint density at radius 1 is 1.71 bits per heavy atom. The summed E-state index contributed by atoms with van der Waals surface area (Å²) in [6.07, 6.45) is 3.77. The Balaban J connectivity index is 3.37. The van der Waals surface area contributed by atoms with E-state index in [-0.39, 0.29) is 0 Å². The molecule has 0 N–H and O–H groups in total. The Kier molecular flexibility index (Phi) is 4.33. The molecule has 0 aliphatic carbocycles. The van der Waals surface area contributed by atoms with Gasteiger partial charge in [0.25, 0.3) is 0 Å². The van der Waals surface area contributed by atoms with Gasteiger partial charge in [-0.15, -0.1) is 0 Å². The summed E-state index contributed by atoms with van der Waals surface area (Å²) >= 11 is 2.74. The molecule has 0 heterocycles. The van der Waals surface area contributed by atoms with E-state index in [2.05, 4.69) is 15.9 Å². The molecule has 0 amide bonds. The van der Waals surface area contributed by atoms with Crippen LogP contribution in [0, 0.1) is 0 Å². The van der Waals surface area contributed by atoms with Gasteiger partial charge in [-0.2, -0.15) is 0 Å². The molecular weight excluding hydrogens is 128 g/mol. The molecule has 0 atom stereocenters. The first kappa shape index (κ1) is 7.10. The fourth-order valence-electron chi connectivity index (χ4n) is 0.204. The zero-order chi connectivity index (χ0) is 5.70. The molecule has 1 nitrogen and oxygen atoms in total. The number of rotatable bonds is 2. The molecular formula is C5H8CrO. The quantitative estimate of drug-likeness (QED) is 0.547. The molecule has 0 unspecified atom stereocenters. The van der Waals surface area contributed by atoms with Crippen LogP contribution < -0.4 is 0 Å². The van der Waals surface area contributed by atoms with Crippen LogP contribution in [0.15, 0.2) is 12.2 Å². The van der Waals surface area contributed by atoms with Crippen LogP contribution in [0.2, 0.25) is 0 Å². The minimum absolute atomic E-state index is 0.822. The zero-order valence-corrected chi connectivity index (χ0v) is 5.75. The van der Waals surface area contributed by atoms with Crippen molar-refractivity contribution >= 4 is 4.57 Å². The third-order valence-electron chi connectivity index (χ3n) is 0.504. The molecule has 0 fully saturated rings. The van der Waals surface area contributed by atoms with Crippen LogP contribution in [0.3, 0.4) is 0 Å². The monoisotopic (exact) mass is 136 g/mol. The fraction of sp³-hybridized carbons (Fsp3) is 0.400. The number of ether oxygens (including phenoxy) is 1. The van der Waals surface area contributed by atoms with Gasteiger partial charge >= 0.3 is 51.3 Å². The van der Waals surface area contributed by atoms with Crippen molar-refractivity contribution in [3.8, 4) is 0 Å². The molecule has 0 aromatic rings. The summed E-state index contributed by atoms with van der Waals surface area (Å²) in [5.74, 6) is 0. The summed E-state index contributed by atoms with van der Waals surface area (Å²) in [6.45, 7) is 1.94. The Bertz CT molecular complexity index is 86.1. The minimum atomic E-state index is 0.822. The van der Waals surface area contributed by atoms with Crippen LogP contribution in [0.5, 0.6) is 0 Å². The number of hydrogen-bond acceptors (Lipinski definition) is 1. The molecule has 0 saturated carbocycles. The molecule has 7 heavy (non-hydrogen) atoms. The third-order valence-corrected chi connectivity index (χ3v) is 0.977. The van der Waals surface area contributed by atoms with Crippen molar-refractivity contribution in [1.29, 1.82) is 0 Å².